The number of hydrogen-bond donors (Lipinski definition) is 2. The first-order valence-corrected chi connectivity index (χ1v) is 5.72. The maximum absolute atomic E-state index is 13.5. The van der Waals surface area contributed by atoms with Gasteiger partial charge in [-0.15, -0.1) is 0 Å². The monoisotopic (exact) mass is 238 g/mol. The highest BCUT2D eigenvalue weighted by Gasteiger charge is 2.16. The van der Waals surface area contributed by atoms with E-state index in [9.17, 15) is 9.18 Å². The SMILES string of the molecule is CC(C)c1cc(F)cc(C(C)C)c1NC(N)=O. The molecule has 0 spiro atoms. The van der Waals surface area contributed by atoms with Gasteiger partial charge in [0.2, 0.25) is 0 Å². The van der Waals surface area contributed by atoms with E-state index >= 15 is 0 Å². The van der Waals surface area contributed by atoms with Gasteiger partial charge in [-0.1, -0.05) is 27.7 Å². The predicted octanol–water partition coefficient (Wildman–Crippen LogP) is 3.56. The van der Waals surface area contributed by atoms with E-state index in [0.29, 0.717) is 5.69 Å². The number of halogens is 1. The summed E-state index contributed by atoms with van der Waals surface area (Å²) in [6, 6.07) is 2.27. The van der Waals surface area contributed by atoms with Gasteiger partial charge in [0.1, 0.15) is 5.82 Å². The predicted molar refractivity (Wildman–Crippen MR) is 67.8 cm³/mol. The first-order valence-electron chi connectivity index (χ1n) is 5.72. The fourth-order valence-electron chi connectivity index (χ4n) is 1.83. The van der Waals surface area contributed by atoms with Crippen molar-refractivity contribution in [2.24, 2.45) is 5.73 Å². The van der Waals surface area contributed by atoms with Crippen LogP contribution in [0.3, 0.4) is 0 Å². The number of rotatable bonds is 3. The topological polar surface area (TPSA) is 55.1 Å². The summed E-state index contributed by atoms with van der Waals surface area (Å²) in [5.41, 5.74) is 7.34. The van der Waals surface area contributed by atoms with Gasteiger partial charge in [0, 0.05) is 5.69 Å². The third kappa shape index (κ3) is 3.19. The first kappa shape index (κ1) is 13.5. The van der Waals surface area contributed by atoms with Gasteiger partial charge in [-0.2, -0.15) is 0 Å². The van der Waals surface area contributed by atoms with E-state index in [1.54, 1.807) is 0 Å². The van der Waals surface area contributed by atoms with Crippen molar-refractivity contribution in [1.29, 1.82) is 0 Å². The summed E-state index contributed by atoms with van der Waals surface area (Å²) in [5, 5.41) is 2.60. The van der Waals surface area contributed by atoms with Gasteiger partial charge in [0.05, 0.1) is 0 Å². The number of amides is 2. The first-order chi connectivity index (χ1) is 7.82. The second kappa shape index (κ2) is 5.17. The van der Waals surface area contributed by atoms with Crippen LogP contribution >= 0.6 is 0 Å². The normalized spacial score (nSPS) is 11.0. The van der Waals surface area contributed by atoms with Crippen molar-refractivity contribution >= 4 is 11.7 Å². The minimum atomic E-state index is -0.625. The van der Waals surface area contributed by atoms with E-state index in [-0.39, 0.29) is 17.7 Å². The van der Waals surface area contributed by atoms with Gasteiger partial charge in [-0.05, 0) is 35.1 Å². The smallest absolute Gasteiger partial charge is 0.316 e. The Kier molecular flexibility index (Phi) is 4.10. The van der Waals surface area contributed by atoms with Gasteiger partial charge in [0.25, 0.3) is 0 Å². The lowest BCUT2D eigenvalue weighted by Gasteiger charge is -2.19. The molecule has 0 unspecified atom stereocenters. The van der Waals surface area contributed by atoms with Crippen LogP contribution in [0.4, 0.5) is 14.9 Å². The maximum atomic E-state index is 13.5. The molecule has 1 rings (SSSR count). The Hall–Kier alpha value is -1.58. The van der Waals surface area contributed by atoms with Gasteiger partial charge in [0.15, 0.2) is 0 Å². The molecule has 4 heteroatoms. The molecule has 0 fully saturated rings. The molecule has 2 amide bonds. The van der Waals surface area contributed by atoms with E-state index in [1.807, 2.05) is 27.7 Å². The quantitative estimate of drug-likeness (QED) is 0.831. The van der Waals surface area contributed by atoms with Crippen molar-refractivity contribution in [2.75, 3.05) is 5.32 Å². The molecule has 0 heterocycles. The van der Waals surface area contributed by atoms with Crippen LogP contribution in [0.15, 0.2) is 12.1 Å². The second-order valence-electron chi connectivity index (χ2n) is 4.76. The summed E-state index contributed by atoms with van der Waals surface area (Å²) in [6.07, 6.45) is 0. The largest absolute Gasteiger partial charge is 0.351 e. The third-order valence-electron chi connectivity index (χ3n) is 2.66. The molecule has 0 aliphatic carbocycles. The summed E-state index contributed by atoms with van der Waals surface area (Å²) < 4.78 is 13.5. The number of nitrogens with one attached hydrogen (secondary N) is 1. The van der Waals surface area contributed by atoms with E-state index in [2.05, 4.69) is 5.32 Å². The van der Waals surface area contributed by atoms with Crippen molar-refractivity contribution in [3.05, 3.63) is 29.1 Å². The molecular formula is C13H19FN2O. The Morgan fingerprint density at radius 2 is 1.59 bits per heavy atom. The summed E-state index contributed by atoms with van der Waals surface area (Å²) in [7, 11) is 0. The molecule has 0 aliphatic rings. The molecule has 17 heavy (non-hydrogen) atoms. The zero-order chi connectivity index (χ0) is 13.2. The minimum absolute atomic E-state index is 0.116. The number of carbonyl (C=O) groups excluding carboxylic acids is 1. The van der Waals surface area contributed by atoms with Crippen molar-refractivity contribution in [3.8, 4) is 0 Å². The number of primary amides is 1. The van der Waals surface area contributed by atoms with Gasteiger partial charge in [-0.25, -0.2) is 9.18 Å². The zero-order valence-corrected chi connectivity index (χ0v) is 10.7. The van der Waals surface area contributed by atoms with E-state index in [1.165, 1.54) is 12.1 Å². The molecule has 0 aromatic heterocycles. The van der Waals surface area contributed by atoms with Crippen LogP contribution in [0.2, 0.25) is 0 Å². The molecule has 0 aliphatic heterocycles. The van der Waals surface area contributed by atoms with Crippen LogP contribution < -0.4 is 11.1 Å². The van der Waals surface area contributed by atoms with Crippen molar-refractivity contribution in [2.45, 2.75) is 39.5 Å². The molecule has 0 atom stereocenters. The number of carbonyl (C=O) groups is 1. The molecule has 0 saturated heterocycles. The lowest BCUT2D eigenvalue weighted by molar-refractivity contribution is 0.259. The standard InChI is InChI=1S/C13H19FN2O/c1-7(2)10-5-9(14)6-11(8(3)4)12(10)16-13(15)17/h5-8H,1-4H3,(H3,15,16,17). The number of urea groups is 1. The Labute approximate surface area is 101 Å². The number of hydrogen-bond acceptors (Lipinski definition) is 1. The number of anilines is 1. The Morgan fingerprint density at radius 3 is 1.88 bits per heavy atom. The van der Waals surface area contributed by atoms with Crippen LogP contribution in [0.1, 0.15) is 50.7 Å². The zero-order valence-electron chi connectivity index (χ0n) is 10.7. The lowest BCUT2D eigenvalue weighted by Crippen LogP contribution is -2.22. The van der Waals surface area contributed by atoms with Crippen molar-refractivity contribution in [3.63, 3.8) is 0 Å². The van der Waals surface area contributed by atoms with Crippen LogP contribution in [0, 0.1) is 5.82 Å². The number of nitrogens with two attached hydrogens (primary N) is 1. The Bertz CT molecular complexity index is 398. The Balaban J connectivity index is 3.41. The molecule has 0 saturated carbocycles. The van der Waals surface area contributed by atoms with Gasteiger partial charge < -0.3 is 11.1 Å². The molecule has 3 N–H and O–H groups in total. The molecular weight excluding hydrogens is 219 g/mol. The highest BCUT2D eigenvalue weighted by molar-refractivity contribution is 5.90. The average molecular weight is 238 g/mol. The maximum Gasteiger partial charge on any atom is 0.316 e. The summed E-state index contributed by atoms with van der Waals surface area (Å²) in [5.74, 6) is -0.0532. The van der Waals surface area contributed by atoms with Gasteiger partial charge >= 0.3 is 6.03 Å². The van der Waals surface area contributed by atoms with Crippen LogP contribution in [-0.2, 0) is 0 Å². The molecule has 94 valence electrons. The molecule has 0 radical (unpaired) electrons. The van der Waals surface area contributed by atoms with E-state index in [0.717, 1.165) is 11.1 Å². The highest BCUT2D eigenvalue weighted by Crippen LogP contribution is 2.33. The van der Waals surface area contributed by atoms with Gasteiger partial charge in [-0.3, -0.25) is 0 Å². The molecule has 0 bridgehead atoms. The highest BCUT2D eigenvalue weighted by atomic mass is 19.1. The fraction of sp³-hybridized carbons (Fsp3) is 0.462. The Morgan fingerprint density at radius 1 is 1.18 bits per heavy atom. The number of benzene rings is 1. The average Bonchev–Trinajstić information content (AvgIpc) is 2.18. The lowest BCUT2D eigenvalue weighted by atomic mass is 9.92. The molecule has 1 aromatic rings. The van der Waals surface area contributed by atoms with Crippen LogP contribution in [0.25, 0.3) is 0 Å². The van der Waals surface area contributed by atoms with E-state index in [4.69, 9.17) is 5.73 Å². The van der Waals surface area contributed by atoms with Crippen LogP contribution in [0.5, 0.6) is 0 Å². The minimum Gasteiger partial charge on any atom is -0.351 e. The summed E-state index contributed by atoms with van der Waals surface area (Å²) in [4.78, 5) is 11.0. The van der Waals surface area contributed by atoms with E-state index < -0.39 is 6.03 Å². The fourth-order valence-corrected chi connectivity index (χ4v) is 1.83. The summed E-state index contributed by atoms with van der Waals surface area (Å²) >= 11 is 0. The second-order valence-corrected chi connectivity index (χ2v) is 4.76. The van der Waals surface area contributed by atoms with Crippen molar-refractivity contribution < 1.29 is 9.18 Å². The van der Waals surface area contributed by atoms with Crippen LogP contribution in [-0.4, -0.2) is 6.03 Å². The summed E-state index contributed by atoms with van der Waals surface area (Å²) in [6.45, 7) is 7.80. The molecule has 3 nitrogen and oxygen atoms in total. The van der Waals surface area contributed by atoms with Crippen molar-refractivity contribution in [1.82, 2.24) is 0 Å². The molecule has 1 aromatic carbocycles. The third-order valence-corrected chi connectivity index (χ3v) is 2.66.